The van der Waals surface area contributed by atoms with Gasteiger partial charge in [0.1, 0.15) is 5.70 Å². The van der Waals surface area contributed by atoms with Crippen LogP contribution in [0.2, 0.25) is 0 Å². The first kappa shape index (κ1) is 49.5. The molecule has 0 atom stereocenters. The Bertz CT molecular complexity index is 887. The quantitative estimate of drug-likeness (QED) is 0.0160. The second kappa shape index (κ2) is 35.5. The number of carbonyl (C=O) groups excluding carboxylic acids is 4. The highest BCUT2D eigenvalue weighted by molar-refractivity contribution is 6.32. The molecule has 10 heteroatoms. The van der Waals surface area contributed by atoms with Gasteiger partial charge in [-0.2, -0.15) is 4.39 Å². The van der Waals surface area contributed by atoms with Crippen LogP contribution >= 0.6 is 0 Å². The van der Waals surface area contributed by atoms with E-state index in [4.69, 9.17) is 9.47 Å². The Morgan fingerprint density at radius 1 is 0.615 bits per heavy atom. The Hall–Kier alpha value is -2.49. The monoisotopic (exact) mass is 740 g/mol. The number of unbranched alkanes of at least 4 members (excludes halogenated alkanes) is 8. The lowest BCUT2D eigenvalue weighted by molar-refractivity contribution is -0.145. The maximum atomic E-state index is 14.0. The Labute approximate surface area is 317 Å². The molecule has 0 aromatic carbocycles. The summed E-state index contributed by atoms with van der Waals surface area (Å²) in [4.78, 5) is 49.5. The number of ketones is 1. The van der Waals surface area contributed by atoms with Crippen LogP contribution < -0.4 is 10.6 Å². The van der Waals surface area contributed by atoms with Crippen LogP contribution in [-0.2, 0) is 28.7 Å². The molecule has 0 aliphatic rings. The van der Waals surface area contributed by atoms with Gasteiger partial charge in [0.2, 0.25) is 11.7 Å². The van der Waals surface area contributed by atoms with Crippen molar-refractivity contribution in [3.63, 3.8) is 0 Å². The molecule has 0 radical (unpaired) electrons. The molecule has 0 spiro atoms. The summed E-state index contributed by atoms with van der Waals surface area (Å²) in [6.45, 7) is 13.0. The van der Waals surface area contributed by atoms with Crippen molar-refractivity contribution < 1.29 is 33.0 Å². The van der Waals surface area contributed by atoms with Crippen molar-refractivity contribution in [1.82, 2.24) is 15.5 Å². The number of nitrogens with zero attached hydrogens (tertiary/aromatic N) is 1. The first-order valence-electron chi connectivity index (χ1n) is 21.1. The number of nitrogens with one attached hydrogen (secondary N) is 2. The molecule has 0 heterocycles. The highest BCUT2D eigenvalue weighted by Crippen LogP contribution is 2.19. The lowest BCUT2D eigenvalue weighted by Crippen LogP contribution is -2.31. The van der Waals surface area contributed by atoms with Crippen molar-refractivity contribution in [2.24, 2.45) is 11.8 Å². The molecule has 0 fully saturated rings. The van der Waals surface area contributed by atoms with E-state index < -0.39 is 11.7 Å². The minimum Gasteiger partial charge on any atom is -0.466 e. The molecule has 0 saturated heterocycles. The summed E-state index contributed by atoms with van der Waals surface area (Å²) in [5.41, 5.74) is -0.328. The van der Waals surface area contributed by atoms with Crippen LogP contribution in [0.3, 0.4) is 0 Å². The molecular weight excluding hydrogens is 661 g/mol. The fourth-order valence-electron chi connectivity index (χ4n) is 6.90. The fourth-order valence-corrected chi connectivity index (χ4v) is 6.90. The molecule has 0 rings (SSSR count). The fraction of sp³-hybridized carbons (Fsp3) is 0.857. The molecular formula is C42H78FN3O6. The van der Waals surface area contributed by atoms with Gasteiger partial charge in [-0.15, -0.1) is 0 Å². The molecule has 0 aromatic rings. The van der Waals surface area contributed by atoms with Crippen molar-refractivity contribution in [3.8, 4) is 0 Å². The summed E-state index contributed by atoms with van der Waals surface area (Å²) in [6, 6.07) is 0. The average Bonchev–Trinajstić information content (AvgIpc) is 3.13. The summed E-state index contributed by atoms with van der Waals surface area (Å²) in [6.07, 6.45) is 23.4. The van der Waals surface area contributed by atoms with Gasteiger partial charge >= 0.3 is 11.9 Å². The molecule has 0 aromatic heterocycles. The van der Waals surface area contributed by atoms with Gasteiger partial charge in [-0.1, -0.05) is 118 Å². The van der Waals surface area contributed by atoms with Gasteiger partial charge in [0.25, 0.3) is 0 Å². The molecule has 0 aliphatic carbocycles. The van der Waals surface area contributed by atoms with Crippen molar-refractivity contribution in [2.45, 2.75) is 175 Å². The lowest BCUT2D eigenvalue weighted by Gasteiger charge is -2.22. The largest absolute Gasteiger partial charge is 0.466 e. The Morgan fingerprint density at radius 3 is 1.42 bits per heavy atom. The minimum absolute atomic E-state index is 0.0767. The third-order valence-electron chi connectivity index (χ3n) is 9.82. The number of ether oxygens (including phenoxy) is 2. The zero-order chi connectivity index (χ0) is 38.7. The van der Waals surface area contributed by atoms with Gasteiger partial charge in [0, 0.05) is 26.4 Å². The van der Waals surface area contributed by atoms with E-state index in [1.165, 1.54) is 58.4 Å². The van der Waals surface area contributed by atoms with Crippen LogP contribution in [-0.4, -0.2) is 75.3 Å². The summed E-state index contributed by atoms with van der Waals surface area (Å²) >= 11 is 0. The number of hydrogen-bond donors (Lipinski definition) is 2. The Morgan fingerprint density at radius 2 is 1.02 bits per heavy atom. The number of allylic oxidation sites excluding steroid dienone is 1. The highest BCUT2D eigenvalue weighted by atomic mass is 19.1. The van der Waals surface area contributed by atoms with Crippen molar-refractivity contribution >= 4 is 24.0 Å². The van der Waals surface area contributed by atoms with E-state index in [1.54, 1.807) is 0 Å². The number of carbonyl (C=O) groups is 4. The molecule has 52 heavy (non-hydrogen) atoms. The number of hydrogen-bond acceptors (Lipinski definition) is 9. The van der Waals surface area contributed by atoms with Gasteiger partial charge in [-0.05, 0) is 76.4 Å². The zero-order valence-electron chi connectivity index (χ0n) is 34.0. The summed E-state index contributed by atoms with van der Waals surface area (Å²) in [5.74, 6) is -0.584. The SMILES string of the molecule is CCCC(CCC)CCOC(=O)CCCCCCCN(CCCCCCCC(=O)OCCC(CCC)CCC)CCCN/C(C(=O)C=O)=C(/F)NC. The van der Waals surface area contributed by atoms with Crippen LogP contribution in [0.15, 0.2) is 11.6 Å². The summed E-state index contributed by atoms with van der Waals surface area (Å²) in [7, 11) is 1.37. The average molecular weight is 740 g/mol. The van der Waals surface area contributed by atoms with Crippen LogP contribution in [0.5, 0.6) is 0 Å². The van der Waals surface area contributed by atoms with Gasteiger partial charge in [-0.3, -0.25) is 19.2 Å². The van der Waals surface area contributed by atoms with E-state index in [0.717, 1.165) is 96.7 Å². The van der Waals surface area contributed by atoms with E-state index in [2.05, 4.69) is 43.2 Å². The molecule has 0 amide bonds. The van der Waals surface area contributed by atoms with Crippen molar-refractivity contribution in [2.75, 3.05) is 46.4 Å². The normalized spacial score (nSPS) is 11.9. The summed E-state index contributed by atoms with van der Waals surface area (Å²) in [5, 5.41) is 5.08. The number of rotatable bonds is 38. The lowest BCUT2D eigenvalue weighted by atomic mass is 9.95. The number of halogens is 1. The molecule has 0 unspecified atom stereocenters. The molecule has 304 valence electrons. The molecule has 2 N–H and O–H groups in total. The predicted molar refractivity (Wildman–Crippen MR) is 210 cm³/mol. The maximum absolute atomic E-state index is 14.0. The first-order chi connectivity index (χ1) is 25.3. The molecule has 0 bridgehead atoms. The Kier molecular flexibility index (Phi) is 33.8. The highest BCUT2D eigenvalue weighted by Gasteiger charge is 2.15. The Balaban J connectivity index is 4.50. The predicted octanol–water partition coefficient (Wildman–Crippen LogP) is 9.37. The number of aldehydes is 1. The second-order valence-corrected chi connectivity index (χ2v) is 14.5. The van der Waals surface area contributed by atoms with Gasteiger partial charge in [0.15, 0.2) is 6.29 Å². The van der Waals surface area contributed by atoms with Gasteiger partial charge < -0.3 is 25.0 Å². The number of Topliss-reactive ketones (excluding diaryl/α,β-unsaturated/α-hetero) is 1. The van der Waals surface area contributed by atoms with Crippen molar-refractivity contribution in [3.05, 3.63) is 11.6 Å². The van der Waals surface area contributed by atoms with Gasteiger partial charge in [0.05, 0.1) is 13.2 Å². The van der Waals surface area contributed by atoms with Crippen LogP contribution in [0.4, 0.5) is 4.39 Å². The summed E-state index contributed by atoms with van der Waals surface area (Å²) < 4.78 is 25.0. The zero-order valence-corrected chi connectivity index (χ0v) is 34.0. The van der Waals surface area contributed by atoms with E-state index >= 15 is 0 Å². The van der Waals surface area contributed by atoms with Crippen LogP contribution in [0.25, 0.3) is 0 Å². The van der Waals surface area contributed by atoms with E-state index in [9.17, 15) is 23.6 Å². The smallest absolute Gasteiger partial charge is 0.305 e. The second-order valence-electron chi connectivity index (χ2n) is 14.5. The van der Waals surface area contributed by atoms with E-state index in [0.29, 0.717) is 50.9 Å². The third kappa shape index (κ3) is 28.1. The van der Waals surface area contributed by atoms with E-state index in [-0.39, 0.29) is 23.9 Å². The third-order valence-corrected chi connectivity index (χ3v) is 9.82. The maximum Gasteiger partial charge on any atom is 0.305 e. The minimum atomic E-state index is -0.912. The topological polar surface area (TPSA) is 114 Å². The molecule has 0 aliphatic heterocycles. The van der Waals surface area contributed by atoms with Crippen LogP contribution in [0.1, 0.15) is 175 Å². The standard InChI is InChI=1S/C42H78FN3O6/c1-6-21-36(22-7-2)27-33-51-39(49)25-16-12-10-14-18-30-46(32-20-29-45-41(38(48)35-47)42(43)44-5)31-19-15-11-13-17-26-40(50)52-34-28-37(23-8-3)24-9-4/h35-37,44-45H,6-34H2,1-5H3/b42-41-. The number of esters is 2. The van der Waals surface area contributed by atoms with Crippen LogP contribution in [0, 0.1) is 11.8 Å². The van der Waals surface area contributed by atoms with Crippen molar-refractivity contribution in [1.29, 1.82) is 0 Å². The molecule has 0 saturated carbocycles. The molecule has 9 nitrogen and oxygen atoms in total. The first-order valence-corrected chi connectivity index (χ1v) is 21.1. The van der Waals surface area contributed by atoms with E-state index in [1.807, 2.05) is 0 Å². The van der Waals surface area contributed by atoms with Gasteiger partial charge in [-0.25, -0.2) is 0 Å².